The minimum atomic E-state index is 0.794. The number of piperidine rings is 1. The lowest BCUT2D eigenvalue weighted by atomic mass is 9.94. The Balaban J connectivity index is 1.53. The highest BCUT2D eigenvalue weighted by Gasteiger charge is 2.14. The zero-order chi connectivity index (χ0) is 12.6. The van der Waals surface area contributed by atoms with E-state index in [1.165, 1.54) is 71.2 Å². The van der Waals surface area contributed by atoms with Gasteiger partial charge in [-0.3, -0.25) is 0 Å². The van der Waals surface area contributed by atoms with Gasteiger partial charge in [-0.25, -0.2) is 0 Å². The van der Waals surface area contributed by atoms with Gasteiger partial charge in [0.25, 0.3) is 0 Å². The molecule has 1 fully saturated rings. The van der Waals surface area contributed by atoms with Gasteiger partial charge in [-0.05, 0) is 70.1 Å². The van der Waals surface area contributed by atoms with E-state index >= 15 is 0 Å². The van der Waals surface area contributed by atoms with Crippen LogP contribution in [0.2, 0.25) is 0 Å². The Kier molecular flexibility index (Phi) is 6.22. The van der Waals surface area contributed by atoms with Crippen molar-refractivity contribution in [1.29, 1.82) is 0 Å². The molecule has 0 saturated carbocycles. The second kappa shape index (κ2) is 7.96. The molecule has 18 heavy (non-hydrogen) atoms. The van der Waals surface area contributed by atoms with Crippen LogP contribution in [-0.2, 0) is 0 Å². The van der Waals surface area contributed by atoms with E-state index in [1.807, 2.05) is 0 Å². The number of rotatable bonds is 6. The summed E-state index contributed by atoms with van der Waals surface area (Å²) in [4.78, 5) is 2.65. The van der Waals surface area contributed by atoms with E-state index in [4.69, 9.17) is 0 Å². The van der Waals surface area contributed by atoms with Gasteiger partial charge in [0.15, 0.2) is 0 Å². The molecule has 2 heteroatoms. The monoisotopic (exact) mass is 250 g/mol. The summed E-state index contributed by atoms with van der Waals surface area (Å²) in [6.07, 6.45) is 12.9. The summed E-state index contributed by atoms with van der Waals surface area (Å²) in [6, 6.07) is 0. The topological polar surface area (TPSA) is 15.3 Å². The molecule has 0 spiro atoms. The number of likely N-dealkylation sites (tertiary alicyclic amines) is 1. The summed E-state index contributed by atoms with van der Waals surface area (Å²) < 4.78 is 0. The summed E-state index contributed by atoms with van der Waals surface area (Å²) in [6.45, 7) is 8.75. The molecule has 2 aliphatic rings. The van der Waals surface area contributed by atoms with Crippen molar-refractivity contribution in [3.05, 3.63) is 12.2 Å². The Labute approximate surface area is 113 Å². The van der Waals surface area contributed by atoms with Crippen LogP contribution in [0.4, 0.5) is 0 Å². The molecule has 0 radical (unpaired) electrons. The van der Waals surface area contributed by atoms with E-state index in [9.17, 15) is 0 Å². The Hall–Kier alpha value is -0.340. The molecule has 0 aromatic rings. The second-order valence-corrected chi connectivity index (χ2v) is 6.28. The normalized spacial score (nSPS) is 27.3. The highest BCUT2D eigenvalue weighted by molar-refractivity contribution is 4.90. The number of nitrogens with one attached hydrogen (secondary N) is 1. The van der Waals surface area contributed by atoms with Gasteiger partial charge < -0.3 is 10.2 Å². The van der Waals surface area contributed by atoms with Crippen LogP contribution in [0.25, 0.3) is 0 Å². The van der Waals surface area contributed by atoms with Crippen molar-refractivity contribution in [2.75, 3.05) is 32.7 Å². The van der Waals surface area contributed by atoms with E-state index in [0.29, 0.717) is 0 Å². The van der Waals surface area contributed by atoms with Gasteiger partial charge in [0.2, 0.25) is 0 Å². The minimum Gasteiger partial charge on any atom is -0.316 e. The van der Waals surface area contributed by atoms with Gasteiger partial charge in [-0.1, -0.05) is 25.5 Å². The predicted octanol–water partition coefficient (Wildman–Crippen LogP) is 3.05. The van der Waals surface area contributed by atoms with Crippen LogP contribution in [0.15, 0.2) is 12.2 Å². The number of hydrogen-bond acceptors (Lipinski definition) is 2. The van der Waals surface area contributed by atoms with Crippen LogP contribution >= 0.6 is 0 Å². The molecule has 1 saturated heterocycles. The highest BCUT2D eigenvalue weighted by atomic mass is 15.1. The smallest absolute Gasteiger partial charge is 0.00191 e. The van der Waals surface area contributed by atoms with Crippen molar-refractivity contribution in [2.24, 2.45) is 11.8 Å². The van der Waals surface area contributed by atoms with Crippen molar-refractivity contribution in [1.82, 2.24) is 10.2 Å². The summed E-state index contributed by atoms with van der Waals surface area (Å²) in [5.41, 5.74) is 0. The molecule has 0 bridgehead atoms. The molecule has 1 heterocycles. The first-order valence-corrected chi connectivity index (χ1v) is 7.92. The SMILES string of the molecule is CC(CNCC1CC=CCC1)CN1CCCCC1. The van der Waals surface area contributed by atoms with Crippen LogP contribution in [0.3, 0.4) is 0 Å². The molecule has 0 amide bonds. The van der Waals surface area contributed by atoms with E-state index in [-0.39, 0.29) is 0 Å². The van der Waals surface area contributed by atoms with Gasteiger partial charge in [0.05, 0.1) is 0 Å². The summed E-state index contributed by atoms with van der Waals surface area (Å²) in [5, 5.41) is 3.68. The van der Waals surface area contributed by atoms with Crippen molar-refractivity contribution in [2.45, 2.75) is 45.4 Å². The minimum absolute atomic E-state index is 0.794. The van der Waals surface area contributed by atoms with Crippen LogP contribution in [0.5, 0.6) is 0 Å². The molecule has 2 atom stereocenters. The maximum Gasteiger partial charge on any atom is 0.00191 e. The highest BCUT2D eigenvalue weighted by Crippen LogP contribution is 2.17. The number of allylic oxidation sites excluding steroid dienone is 2. The fourth-order valence-corrected chi connectivity index (χ4v) is 3.22. The Morgan fingerprint density at radius 2 is 2.06 bits per heavy atom. The molecule has 0 aromatic heterocycles. The van der Waals surface area contributed by atoms with Crippen LogP contribution < -0.4 is 5.32 Å². The molecule has 104 valence electrons. The molecule has 1 N–H and O–H groups in total. The van der Waals surface area contributed by atoms with Crippen LogP contribution in [-0.4, -0.2) is 37.6 Å². The standard InChI is InChI=1S/C16H30N2/c1-15(14-18-10-6-3-7-11-18)12-17-13-16-8-4-2-5-9-16/h2,4,15-17H,3,5-14H2,1H3. The molecule has 2 unspecified atom stereocenters. The summed E-state index contributed by atoms with van der Waals surface area (Å²) >= 11 is 0. The van der Waals surface area contributed by atoms with Crippen molar-refractivity contribution in [3.8, 4) is 0 Å². The number of hydrogen-bond donors (Lipinski definition) is 1. The fourth-order valence-electron chi connectivity index (χ4n) is 3.22. The van der Waals surface area contributed by atoms with Gasteiger partial charge in [0.1, 0.15) is 0 Å². The molecule has 2 nitrogen and oxygen atoms in total. The van der Waals surface area contributed by atoms with Crippen LogP contribution in [0.1, 0.15) is 45.4 Å². The van der Waals surface area contributed by atoms with Gasteiger partial charge in [-0.2, -0.15) is 0 Å². The first-order valence-electron chi connectivity index (χ1n) is 7.92. The first kappa shape index (κ1) is 14.1. The van der Waals surface area contributed by atoms with Crippen molar-refractivity contribution >= 4 is 0 Å². The average molecular weight is 250 g/mol. The quantitative estimate of drug-likeness (QED) is 0.729. The molecule has 2 rings (SSSR count). The van der Waals surface area contributed by atoms with Crippen LogP contribution in [0, 0.1) is 11.8 Å². The third-order valence-corrected chi connectivity index (χ3v) is 4.32. The Bertz CT molecular complexity index is 243. The van der Waals surface area contributed by atoms with Crippen molar-refractivity contribution in [3.63, 3.8) is 0 Å². The summed E-state index contributed by atoms with van der Waals surface area (Å²) in [7, 11) is 0. The molecule has 1 aliphatic heterocycles. The van der Waals surface area contributed by atoms with E-state index in [2.05, 4.69) is 29.3 Å². The lowest BCUT2D eigenvalue weighted by Gasteiger charge is -2.29. The third-order valence-electron chi connectivity index (χ3n) is 4.32. The fraction of sp³-hybridized carbons (Fsp3) is 0.875. The Morgan fingerprint density at radius 1 is 1.22 bits per heavy atom. The lowest BCUT2D eigenvalue weighted by molar-refractivity contribution is 0.198. The third kappa shape index (κ3) is 5.11. The lowest BCUT2D eigenvalue weighted by Crippen LogP contribution is -2.37. The zero-order valence-corrected chi connectivity index (χ0v) is 12.0. The maximum absolute atomic E-state index is 3.68. The van der Waals surface area contributed by atoms with Crippen molar-refractivity contribution < 1.29 is 0 Å². The van der Waals surface area contributed by atoms with E-state index < -0.39 is 0 Å². The molecule has 1 aliphatic carbocycles. The summed E-state index contributed by atoms with van der Waals surface area (Å²) in [5.74, 6) is 1.68. The molecular formula is C16H30N2. The Morgan fingerprint density at radius 3 is 2.78 bits per heavy atom. The second-order valence-electron chi connectivity index (χ2n) is 6.28. The molecule has 0 aromatic carbocycles. The van der Waals surface area contributed by atoms with Gasteiger partial charge in [0, 0.05) is 6.54 Å². The zero-order valence-electron chi connectivity index (χ0n) is 12.0. The van der Waals surface area contributed by atoms with Gasteiger partial charge in [-0.15, -0.1) is 0 Å². The number of nitrogens with zero attached hydrogens (tertiary/aromatic N) is 1. The first-order chi connectivity index (χ1) is 8.84. The average Bonchev–Trinajstić information content (AvgIpc) is 2.41. The molecular weight excluding hydrogens is 220 g/mol. The maximum atomic E-state index is 3.68. The van der Waals surface area contributed by atoms with E-state index in [1.54, 1.807) is 0 Å². The predicted molar refractivity (Wildman–Crippen MR) is 78.8 cm³/mol. The van der Waals surface area contributed by atoms with Gasteiger partial charge >= 0.3 is 0 Å². The largest absolute Gasteiger partial charge is 0.316 e. The van der Waals surface area contributed by atoms with E-state index in [0.717, 1.165) is 11.8 Å².